The van der Waals surface area contributed by atoms with Gasteiger partial charge in [-0.15, -0.1) is 0 Å². The number of unbranched alkanes of at least 4 members (excludes halogenated alkanes) is 2. The molecule has 0 spiro atoms. The minimum absolute atomic E-state index is 0.0446. The molecule has 5 heteroatoms. The molecule has 162 valence electrons. The van der Waals surface area contributed by atoms with Gasteiger partial charge in [0.2, 0.25) is 0 Å². The van der Waals surface area contributed by atoms with Gasteiger partial charge in [0.25, 0.3) is 0 Å². The number of aliphatic carboxylic acids is 1. The van der Waals surface area contributed by atoms with Crippen LogP contribution in [0.15, 0.2) is 0 Å². The van der Waals surface area contributed by atoms with Crippen LogP contribution in [0.2, 0.25) is 0 Å². The van der Waals surface area contributed by atoms with Gasteiger partial charge in [-0.3, -0.25) is 9.59 Å². The lowest BCUT2D eigenvalue weighted by Crippen LogP contribution is -2.31. The summed E-state index contributed by atoms with van der Waals surface area (Å²) in [4.78, 5) is 23.3. The zero-order valence-electron chi connectivity index (χ0n) is 17.9. The Bertz CT molecular complexity index is 529. The average molecular weight is 397 g/mol. The third-order valence-corrected chi connectivity index (χ3v) is 7.26. The Morgan fingerprint density at radius 2 is 1.86 bits per heavy atom. The second-order valence-electron chi connectivity index (χ2n) is 9.92. The zero-order chi connectivity index (χ0) is 20.9. The molecule has 2 saturated carbocycles. The highest BCUT2D eigenvalue weighted by Crippen LogP contribution is 2.43. The first-order valence-electron chi connectivity index (χ1n) is 11.3. The Kier molecular flexibility index (Phi) is 8.50. The van der Waals surface area contributed by atoms with E-state index >= 15 is 0 Å². The first kappa shape index (κ1) is 23.3. The van der Waals surface area contributed by atoms with Crippen molar-refractivity contribution >= 4 is 11.8 Å². The molecule has 3 N–H and O–H groups in total. The average Bonchev–Trinajstić information content (AvgIpc) is 3.35. The third-order valence-electron chi connectivity index (χ3n) is 7.26. The van der Waals surface area contributed by atoms with E-state index in [-0.39, 0.29) is 35.4 Å². The Morgan fingerprint density at radius 1 is 1.18 bits per heavy atom. The number of carbonyl (C=O) groups is 2. The Hall–Kier alpha value is -0.940. The van der Waals surface area contributed by atoms with E-state index in [1.165, 1.54) is 0 Å². The summed E-state index contributed by atoms with van der Waals surface area (Å²) in [5, 5.41) is 30.0. The van der Waals surface area contributed by atoms with Gasteiger partial charge in [0, 0.05) is 12.3 Å². The zero-order valence-corrected chi connectivity index (χ0v) is 17.9. The quantitative estimate of drug-likeness (QED) is 0.406. The van der Waals surface area contributed by atoms with Gasteiger partial charge in [-0.25, -0.2) is 0 Å². The van der Waals surface area contributed by atoms with Crippen LogP contribution in [0, 0.1) is 29.1 Å². The number of aliphatic hydroxyl groups excluding tert-OH is 2. The molecule has 0 radical (unpaired) electrons. The van der Waals surface area contributed by atoms with Crippen molar-refractivity contribution in [1.29, 1.82) is 0 Å². The molecule has 0 amide bonds. The van der Waals surface area contributed by atoms with E-state index in [9.17, 15) is 19.8 Å². The van der Waals surface area contributed by atoms with E-state index in [1.807, 2.05) is 0 Å². The monoisotopic (exact) mass is 396 g/mol. The van der Waals surface area contributed by atoms with E-state index in [4.69, 9.17) is 5.11 Å². The molecule has 2 fully saturated rings. The van der Waals surface area contributed by atoms with Gasteiger partial charge in [-0.05, 0) is 55.8 Å². The Morgan fingerprint density at radius 3 is 2.46 bits per heavy atom. The molecule has 2 aliphatic rings. The molecule has 2 rings (SSSR count). The van der Waals surface area contributed by atoms with Crippen LogP contribution in [-0.4, -0.2) is 39.3 Å². The van der Waals surface area contributed by atoms with Crippen molar-refractivity contribution in [1.82, 2.24) is 0 Å². The van der Waals surface area contributed by atoms with Gasteiger partial charge in [-0.2, -0.15) is 0 Å². The molecular formula is C23H40O5. The van der Waals surface area contributed by atoms with Crippen molar-refractivity contribution in [3.05, 3.63) is 0 Å². The van der Waals surface area contributed by atoms with E-state index in [2.05, 4.69) is 20.8 Å². The van der Waals surface area contributed by atoms with Crippen LogP contribution in [0.25, 0.3) is 0 Å². The molecule has 0 aromatic carbocycles. The number of carboxylic acid groups (broad SMARTS) is 1. The fraction of sp³-hybridized carbons (Fsp3) is 0.913. The molecule has 28 heavy (non-hydrogen) atoms. The summed E-state index contributed by atoms with van der Waals surface area (Å²) in [6, 6.07) is 0. The normalized spacial score (nSPS) is 31.2. The van der Waals surface area contributed by atoms with Gasteiger partial charge in [0.05, 0.1) is 18.1 Å². The largest absolute Gasteiger partial charge is 0.481 e. The van der Waals surface area contributed by atoms with E-state index < -0.39 is 18.2 Å². The number of carbonyl (C=O) groups excluding carboxylic acids is 1. The summed E-state index contributed by atoms with van der Waals surface area (Å²) >= 11 is 0. The third kappa shape index (κ3) is 6.28. The Labute approximate surface area is 169 Å². The fourth-order valence-corrected chi connectivity index (χ4v) is 4.96. The molecule has 0 saturated heterocycles. The maximum Gasteiger partial charge on any atom is 0.306 e. The number of Topliss-reactive ketones (excluding diaryl/α,β-unsaturated/α-hetero) is 1. The second kappa shape index (κ2) is 10.2. The maximum atomic E-state index is 12.4. The Balaban J connectivity index is 1.76. The first-order chi connectivity index (χ1) is 13.2. The van der Waals surface area contributed by atoms with E-state index in [0.717, 1.165) is 51.4 Å². The number of rotatable bonds is 13. The molecule has 0 heterocycles. The van der Waals surface area contributed by atoms with Crippen LogP contribution >= 0.6 is 0 Å². The summed E-state index contributed by atoms with van der Waals surface area (Å²) in [7, 11) is 0. The topological polar surface area (TPSA) is 94.8 Å². The molecule has 0 bridgehead atoms. The standard InChI is InChI=1S/C23H40O5/c1-4-5-12-23(2,3)21(26)11-10-17-16(19(24)14-20(17)25)9-7-6-8-15-13-18(15)22(27)28/h15-18,20-21,25-26H,4-14H2,1-3H3,(H,27,28)/t15-,16-,17-,18-,20-,21-/m1/s1. The van der Waals surface area contributed by atoms with Crippen LogP contribution in [-0.2, 0) is 9.59 Å². The summed E-state index contributed by atoms with van der Waals surface area (Å²) in [6.45, 7) is 6.35. The molecule has 0 aliphatic heterocycles. The number of hydrogen-bond donors (Lipinski definition) is 3. The minimum atomic E-state index is -0.681. The van der Waals surface area contributed by atoms with Crippen LogP contribution < -0.4 is 0 Å². The molecule has 0 unspecified atom stereocenters. The SMILES string of the molecule is CCCCC(C)(C)[C@H](O)CC[C@H]1[C@H](O)CC(=O)[C@@H]1CCCC[C@@H]1C[C@H]1C(=O)O. The predicted molar refractivity (Wildman–Crippen MR) is 109 cm³/mol. The van der Waals surface area contributed by atoms with E-state index in [1.54, 1.807) is 0 Å². The van der Waals surface area contributed by atoms with Crippen molar-refractivity contribution in [2.45, 2.75) is 104 Å². The summed E-state index contributed by atoms with van der Waals surface area (Å²) in [5.74, 6) is -0.502. The highest BCUT2D eigenvalue weighted by molar-refractivity contribution is 5.84. The van der Waals surface area contributed by atoms with Gasteiger partial charge in [0.1, 0.15) is 5.78 Å². The number of aliphatic hydroxyl groups is 2. The number of carboxylic acids is 1. The van der Waals surface area contributed by atoms with Crippen LogP contribution in [0.4, 0.5) is 0 Å². The number of hydrogen-bond acceptors (Lipinski definition) is 4. The lowest BCUT2D eigenvalue weighted by Gasteiger charge is -2.32. The molecule has 0 aromatic heterocycles. The second-order valence-corrected chi connectivity index (χ2v) is 9.92. The van der Waals surface area contributed by atoms with Gasteiger partial charge in [0.15, 0.2) is 0 Å². The highest BCUT2D eigenvalue weighted by Gasteiger charge is 2.43. The van der Waals surface area contributed by atoms with Crippen LogP contribution in [0.3, 0.4) is 0 Å². The first-order valence-corrected chi connectivity index (χ1v) is 11.3. The minimum Gasteiger partial charge on any atom is -0.481 e. The van der Waals surface area contributed by atoms with Gasteiger partial charge < -0.3 is 15.3 Å². The lowest BCUT2D eigenvalue weighted by molar-refractivity contribution is -0.138. The van der Waals surface area contributed by atoms with Crippen molar-refractivity contribution in [2.24, 2.45) is 29.1 Å². The number of ketones is 1. The summed E-state index contributed by atoms with van der Waals surface area (Å²) in [5.41, 5.74) is -0.135. The van der Waals surface area contributed by atoms with Crippen molar-refractivity contribution in [3.8, 4) is 0 Å². The smallest absolute Gasteiger partial charge is 0.306 e. The predicted octanol–water partition coefficient (Wildman–Crippen LogP) is 4.19. The molecule has 5 nitrogen and oxygen atoms in total. The lowest BCUT2D eigenvalue weighted by atomic mass is 9.77. The van der Waals surface area contributed by atoms with E-state index in [0.29, 0.717) is 18.8 Å². The molecule has 2 aliphatic carbocycles. The fourth-order valence-electron chi connectivity index (χ4n) is 4.96. The maximum absolute atomic E-state index is 12.4. The summed E-state index contributed by atoms with van der Waals surface area (Å²) < 4.78 is 0. The van der Waals surface area contributed by atoms with Gasteiger partial charge in [-0.1, -0.05) is 46.5 Å². The summed E-state index contributed by atoms with van der Waals surface area (Å²) in [6.07, 6.45) is 8.13. The van der Waals surface area contributed by atoms with Gasteiger partial charge >= 0.3 is 5.97 Å². The van der Waals surface area contributed by atoms with Crippen molar-refractivity contribution < 1.29 is 24.9 Å². The molecule has 6 atom stereocenters. The van der Waals surface area contributed by atoms with Crippen molar-refractivity contribution in [2.75, 3.05) is 0 Å². The highest BCUT2D eigenvalue weighted by atomic mass is 16.4. The van der Waals surface area contributed by atoms with Crippen LogP contribution in [0.1, 0.15) is 91.4 Å². The van der Waals surface area contributed by atoms with Crippen molar-refractivity contribution in [3.63, 3.8) is 0 Å². The van der Waals surface area contributed by atoms with Crippen LogP contribution in [0.5, 0.6) is 0 Å². The molecule has 0 aromatic rings. The molecular weight excluding hydrogens is 356 g/mol.